The highest BCUT2D eigenvalue weighted by Crippen LogP contribution is 2.21. The summed E-state index contributed by atoms with van der Waals surface area (Å²) in [5.41, 5.74) is 1.33. The minimum atomic E-state index is 0.386. The zero-order chi connectivity index (χ0) is 11.8. The van der Waals surface area contributed by atoms with Gasteiger partial charge in [-0.15, -0.1) is 24.1 Å². The maximum absolute atomic E-state index is 5.32. The number of nitrogens with one attached hydrogen (secondary N) is 1. The highest BCUT2D eigenvalue weighted by atomic mass is 32.2. The molecule has 0 saturated carbocycles. The summed E-state index contributed by atoms with van der Waals surface area (Å²) < 4.78 is 0. The lowest BCUT2D eigenvalue weighted by atomic mass is 10.0. The van der Waals surface area contributed by atoms with Gasteiger partial charge in [0.1, 0.15) is 0 Å². The second-order valence-electron chi connectivity index (χ2n) is 3.63. The first kappa shape index (κ1) is 13.2. The highest BCUT2D eigenvalue weighted by Gasteiger charge is 2.08. The van der Waals surface area contributed by atoms with Crippen molar-refractivity contribution in [2.45, 2.75) is 30.7 Å². The summed E-state index contributed by atoms with van der Waals surface area (Å²) in [4.78, 5) is 1.30. The lowest BCUT2D eigenvalue weighted by Gasteiger charge is -2.17. The van der Waals surface area contributed by atoms with Gasteiger partial charge >= 0.3 is 0 Å². The molecular formula is C14H19NS. The van der Waals surface area contributed by atoms with Crippen LogP contribution in [0.3, 0.4) is 0 Å². The molecule has 0 bridgehead atoms. The Labute approximate surface area is 103 Å². The van der Waals surface area contributed by atoms with Crippen molar-refractivity contribution >= 4 is 11.8 Å². The van der Waals surface area contributed by atoms with E-state index in [-0.39, 0.29) is 0 Å². The zero-order valence-corrected chi connectivity index (χ0v) is 10.8. The van der Waals surface area contributed by atoms with Crippen LogP contribution in [0.15, 0.2) is 29.2 Å². The van der Waals surface area contributed by atoms with Gasteiger partial charge in [0.15, 0.2) is 0 Å². The van der Waals surface area contributed by atoms with Gasteiger partial charge in [0.25, 0.3) is 0 Å². The average Bonchev–Trinajstić information content (AvgIpc) is 2.35. The zero-order valence-electron chi connectivity index (χ0n) is 9.99. The molecule has 0 saturated heterocycles. The summed E-state index contributed by atoms with van der Waals surface area (Å²) in [6, 6.07) is 9.10. The van der Waals surface area contributed by atoms with Crippen LogP contribution in [0, 0.1) is 12.3 Å². The first-order chi connectivity index (χ1) is 7.81. The van der Waals surface area contributed by atoms with Crippen LogP contribution < -0.4 is 5.32 Å². The number of thioether (sulfide) groups is 1. The third kappa shape index (κ3) is 3.92. The van der Waals surface area contributed by atoms with Crippen LogP contribution in [0.25, 0.3) is 0 Å². The van der Waals surface area contributed by atoms with Gasteiger partial charge in [-0.25, -0.2) is 0 Å². The van der Waals surface area contributed by atoms with E-state index in [4.69, 9.17) is 6.42 Å². The number of rotatable bonds is 6. The fourth-order valence-corrected chi connectivity index (χ4v) is 2.11. The molecule has 0 aliphatic rings. The Morgan fingerprint density at radius 1 is 1.38 bits per heavy atom. The number of hydrogen-bond donors (Lipinski definition) is 1. The summed E-state index contributed by atoms with van der Waals surface area (Å²) in [7, 11) is 0. The summed E-state index contributed by atoms with van der Waals surface area (Å²) in [5.74, 6) is 2.70. The van der Waals surface area contributed by atoms with E-state index >= 15 is 0 Å². The van der Waals surface area contributed by atoms with Crippen molar-refractivity contribution in [3.8, 4) is 12.3 Å². The molecule has 1 nitrogen and oxygen atoms in total. The van der Waals surface area contributed by atoms with Gasteiger partial charge in [-0.2, -0.15) is 0 Å². The third-order valence-corrected chi connectivity index (χ3v) is 3.29. The number of terminal acetylenes is 1. The van der Waals surface area contributed by atoms with Crippen LogP contribution >= 0.6 is 11.8 Å². The molecule has 0 aromatic heterocycles. The standard InChI is InChI=1S/C14H19NS/c1-4-6-7-14(15-5-2)12-8-10-13(16-3)11-9-12/h1,8-11,14-15H,5-7H2,2-3H3. The van der Waals surface area contributed by atoms with Gasteiger partial charge in [0.05, 0.1) is 0 Å². The van der Waals surface area contributed by atoms with Gasteiger partial charge in [0.2, 0.25) is 0 Å². The molecule has 16 heavy (non-hydrogen) atoms. The van der Waals surface area contributed by atoms with Crippen LogP contribution in [0.4, 0.5) is 0 Å². The van der Waals surface area contributed by atoms with Crippen molar-refractivity contribution in [2.75, 3.05) is 12.8 Å². The van der Waals surface area contributed by atoms with E-state index in [2.05, 4.69) is 48.7 Å². The maximum Gasteiger partial charge on any atom is 0.0329 e. The minimum Gasteiger partial charge on any atom is -0.310 e. The molecule has 1 atom stereocenters. The van der Waals surface area contributed by atoms with Crippen molar-refractivity contribution in [1.29, 1.82) is 0 Å². The van der Waals surface area contributed by atoms with Gasteiger partial charge in [-0.1, -0.05) is 19.1 Å². The predicted octanol–water partition coefficient (Wildman–Crippen LogP) is 3.47. The Balaban J connectivity index is 2.71. The van der Waals surface area contributed by atoms with Crippen LogP contribution in [0.1, 0.15) is 31.4 Å². The predicted molar refractivity (Wildman–Crippen MR) is 72.7 cm³/mol. The molecular weight excluding hydrogens is 214 g/mol. The molecule has 1 aromatic rings. The Morgan fingerprint density at radius 2 is 2.06 bits per heavy atom. The van der Waals surface area contributed by atoms with E-state index in [1.54, 1.807) is 11.8 Å². The first-order valence-corrected chi connectivity index (χ1v) is 6.85. The topological polar surface area (TPSA) is 12.0 Å². The van der Waals surface area contributed by atoms with Crippen LogP contribution in [0.2, 0.25) is 0 Å². The third-order valence-electron chi connectivity index (χ3n) is 2.55. The van der Waals surface area contributed by atoms with Gasteiger partial charge in [-0.3, -0.25) is 0 Å². The van der Waals surface area contributed by atoms with Crippen molar-refractivity contribution in [1.82, 2.24) is 5.32 Å². The van der Waals surface area contributed by atoms with E-state index in [9.17, 15) is 0 Å². The van der Waals surface area contributed by atoms with E-state index in [1.165, 1.54) is 10.5 Å². The van der Waals surface area contributed by atoms with E-state index in [0.717, 1.165) is 19.4 Å². The fraction of sp³-hybridized carbons (Fsp3) is 0.429. The molecule has 1 aromatic carbocycles. The molecule has 0 heterocycles. The molecule has 0 fully saturated rings. The highest BCUT2D eigenvalue weighted by molar-refractivity contribution is 7.98. The summed E-state index contributed by atoms with van der Waals surface area (Å²) in [5, 5.41) is 3.47. The van der Waals surface area contributed by atoms with Crippen LogP contribution in [-0.2, 0) is 0 Å². The van der Waals surface area contributed by atoms with E-state index < -0.39 is 0 Å². The molecule has 0 aliphatic heterocycles. The fourth-order valence-electron chi connectivity index (χ4n) is 1.70. The Morgan fingerprint density at radius 3 is 2.56 bits per heavy atom. The summed E-state index contributed by atoms with van der Waals surface area (Å²) >= 11 is 1.77. The number of hydrogen-bond acceptors (Lipinski definition) is 2. The largest absolute Gasteiger partial charge is 0.310 e. The van der Waals surface area contributed by atoms with Gasteiger partial charge in [-0.05, 0) is 36.9 Å². The Kier molecular flexibility index (Phi) is 6.07. The lowest BCUT2D eigenvalue weighted by molar-refractivity contribution is 0.522. The minimum absolute atomic E-state index is 0.386. The summed E-state index contributed by atoms with van der Waals surface area (Å²) in [6.45, 7) is 3.10. The monoisotopic (exact) mass is 233 g/mol. The Hall–Kier alpha value is -0.910. The lowest BCUT2D eigenvalue weighted by Crippen LogP contribution is -2.20. The molecule has 1 N–H and O–H groups in total. The van der Waals surface area contributed by atoms with Crippen molar-refractivity contribution in [2.24, 2.45) is 0 Å². The van der Waals surface area contributed by atoms with Crippen LogP contribution in [0.5, 0.6) is 0 Å². The van der Waals surface area contributed by atoms with Crippen molar-refractivity contribution < 1.29 is 0 Å². The quantitative estimate of drug-likeness (QED) is 0.596. The van der Waals surface area contributed by atoms with Crippen molar-refractivity contribution in [3.63, 3.8) is 0 Å². The Bertz CT molecular complexity index is 337. The smallest absolute Gasteiger partial charge is 0.0329 e. The number of benzene rings is 1. The maximum atomic E-state index is 5.32. The second kappa shape index (κ2) is 7.38. The molecule has 0 spiro atoms. The molecule has 0 aliphatic carbocycles. The van der Waals surface area contributed by atoms with Gasteiger partial charge < -0.3 is 5.32 Å². The second-order valence-corrected chi connectivity index (χ2v) is 4.51. The first-order valence-electron chi connectivity index (χ1n) is 5.62. The molecule has 0 amide bonds. The molecule has 86 valence electrons. The van der Waals surface area contributed by atoms with E-state index in [1.807, 2.05) is 0 Å². The van der Waals surface area contributed by atoms with E-state index in [0.29, 0.717) is 6.04 Å². The molecule has 1 rings (SSSR count). The van der Waals surface area contributed by atoms with Crippen LogP contribution in [-0.4, -0.2) is 12.8 Å². The normalized spacial score (nSPS) is 12.1. The molecule has 1 unspecified atom stereocenters. The SMILES string of the molecule is C#CCCC(NCC)c1ccc(SC)cc1. The van der Waals surface area contributed by atoms with Gasteiger partial charge in [0, 0.05) is 17.4 Å². The average molecular weight is 233 g/mol. The summed E-state index contributed by atoms with van der Waals surface area (Å²) in [6.07, 6.45) is 9.23. The molecule has 2 heteroatoms. The van der Waals surface area contributed by atoms with Crippen molar-refractivity contribution in [3.05, 3.63) is 29.8 Å². The molecule has 0 radical (unpaired) electrons.